The predicted molar refractivity (Wildman–Crippen MR) is 261 cm³/mol. The van der Waals surface area contributed by atoms with Gasteiger partial charge in [-0.05, 0) is 83.9 Å². The molecule has 294 valence electrons. The van der Waals surface area contributed by atoms with Gasteiger partial charge in [-0.3, -0.25) is 0 Å². The van der Waals surface area contributed by atoms with E-state index in [2.05, 4.69) is 238 Å². The second kappa shape index (κ2) is 14.0. The van der Waals surface area contributed by atoms with E-state index in [4.69, 9.17) is 9.97 Å². The Morgan fingerprint density at radius 3 is 1.51 bits per heavy atom. The number of fused-ring (bicyclic) bond motifs is 9. The van der Waals surface area contributed by atoms with E-state index in [-0.39, 0.29) is 0 Å². The molecule has 5 nitrogen and oxygen atoms in total. The van der Waals surface area contributed by atoms with Crippen molar-refractivity contribution in [1.29, 1.82) is 0 Å². The molecule has 5 heteroatoms. The first-order valence-electron chi connectivity index (χ1n) is 21.4. The summed E-state index contributed by atoms with van der Waals surface area (Å²) >= 11 is 0. The van der Waals surface area contributed by atoms with Gasteiger partial charge >= 0.3 is 0 Å². The Morgan fingerprint density at radius 2 is 0.810 bits per heavy atom. The highest BCUT2D eigenvalue weighted by Gasteiger charge is 2.23. The molecule has 0 bridgehead atoms. The number of nitrogens with zero attached hydrogens (tertiary/aromatic N) is 5. The Balaban J connectivity index is 1.06. The maximum Gasteiger partial charge on any atom is 0.160 e. The van der Waals surface area contributed by atoms with Gasteiger partial charge in [0.05, 0.1) is 38.8 Å². The lowest BCUT2D eigenvalue weighted by Crippen LogP contribution is -1.99. The SMILES string of the molecule is c1ccc(-c2nc(-c3cccc(-c4cccc5c4c4cc(-n6c7ccccc7c7ccccc76)ccc4n5-c4ccccc4)c3)nc3c4ccccc4n(-c4ccccc4)c23)cc1. The van der Waals surface area contributed by atoms with E-state index in [1.54, 1.807) is 0 Å². The zero-order valence-corrected chi connectivity index (χ0v) is 34.1. The lowest BCUT2D eigenvalue weighted by Gasteiger charge is -2.13. The van der Waals surface area contributed by atoms with Crippen LogP contribution in [0.3, 0.4) is 0 Å². The first-order valence-corrected chi connectivity index (χ1v) is 21.4. The highest BCUT2D eigenvalue weighted by molar-refractivity contribution is 6.17. The van der Waals surface area contributed by atoms with E-state index in [1.807, 2.05) is 0 Å². The molecule has 4 heterocycles. The molecule has 0 spiro atoms. The fourth-order valence-electron chi connectivity index (χ4n) is 9.94. The summed E-state index contributed by atoms with van der Waals surface area (Å²) in [6, 6.07) is 80.1. The monoisotopic (exact) mass is 803 g/mol. The first kappa shape index (κ1) is 35.2. The second-order valence-electron chi connectivity index (χ2n) is 16.2. The maximum atomic E-state index is 5.46. The lowest BCUT2D eigenvalue weighted by molar-refractivity contribution is 1.15. The highest BCUT2D eigenvalue weighted by atomic mass is 15.0. The summed E-state index contributed by atoms with van der Waals surface area (Å²) in [4.78, 5) is 10.9. The smallest absolute Gasteiger partial charge is 0.160 e. The summed E-state index contributed by atoms with van der Waals surface area (Å²) in [6.07, 6.45) is 0. The molecule has 0 aliphatic rings. The maximum absolute atomic E-state index is 5.46. The molecule has 0 aliphatic carbocycles. The third kappa shape index (κ3) is 5.43. The zero-order chi connectivity index (χ0) is 41.4. The van der Waals surface area contributed by atoms with Crippen LogP contribution >= 0.6 is 0 Å². The van der Waals surface area contributed by atoms with Crippen molar-refractivity contribution in [2.75, 3.05) is 0 Å². The molecule has 0 aliphatic heterocycles. The van der Waals surface area contributed by atoms with Crippen LogP contribution in [0.25, 0.3) is 116 Å². The lowest BCUT2D eigenvalue weighted by atomic mass is 9.97. The highest BCUT2D eigenvalue weighted by Crippen LogP contribution is 2.43. The van der Waals surface area contributed by atoms with Crippen LogP contribution in [0.1, 0.15) is 0 Å². The van der Waals surface area contributed by atoms with Crippen molar-refractivity contribution in [2.45, 2.75) is 0 Å². The van der Waals surface area contributed by atoms with Gasteiger partial charge in [-0.15, -0.1) is 0 Å². The van der Waals surface area contributed by atoms with Crippen LogP contribution in [0.15, 0.2) is 224 Å². The number of hydrogen-bond acceptors (Lipinski definition) is 2. The van der Waals surface area contributed by atoms with Gasteiger partial charge in [-0.1, -0.05) is 152 Å². The molecule has 0 unspecified atom stereocenters. The number of aromatic nitrogens is 5. The molecular formula is C58H37N5. The Hall–Kier alpha value is -8.54. The van der Waals surface area contributed by atoms with Crippen molar-refractivity contribution in [2.24, 2.45) is 0 Å². The average Bonchev–Trinajstić information content (AvgIpc) is 4.00. The Morgan fingerprint density at radius 1 is 0.302 bits per heavy atom. The summed E-state index contributed by atoms with van der Waals surface area (Å²) < 4.78 is 7.12. The topological polar surface area (TPSA) is 40.6 Å². The Labute approximate surface area is 363 Å². The Kier molecular flexibility index (Phi) is 7.84. The van der Waals surface area contributed by atoms with Crippen molar-refractivity contribution >= 4 is 65.5 Å². The van der Waals surface area contributed by atoms with Crippen LogP contribution in [0.5, 0.6) is 0 Å². The molecule has 0 amide bonds. The van der Waals surface area contributed by atoms with E-state index in [0.29, 0.717) is 5.82 Å². The van der Waals surface area contributed by atoms with Gasteiger partial charge in [-0.25, -0.2) is 9.97 Å². The van der Waals surface area contributed by atoms with Crippen molar-refractivity contribution < 1.29 is 0 Å². The number of rotatable bonds is 6. The van der Waals surface area contributed by atoms with Crippen LogP contribution in [0.2, 0.25) is 0 Å². The normalized spacial score (nSPS) is 11.8. The molecule has 0 atom stereocenters. The molecule has 9 aromatic carbocycles. The largest absolute Gasteiger partial charge is 0.309 e. The third-order valence-corrected chi connectivity index (χ3v) is 12.6. The summed E-state index contributed by atoms with van der Waals surface area (Å²) in [7, 11) is 0. The molecule has 63 heavy (non-hydrogen) atoms. The average molecular weight is 804 g/mol. The minimum Gasteiger partial charge on any atom is -0.309 e. The third-order valence-electron chi connectivity index (χ3n) is 12.6. The van der Waals surface area contributed by atoms with Gasteiger partial charge in [0, 0.05) is 55.1 Å². The van der Waals surface area contributed by atoms with Crippen LogP contribution < -0.4 is 0 Å². The zero-order valence-electron chi connectivity index (χ0n) is 34.1. The van der Waals surface area contributed by atoms with Crippen LogP contribution in [0, 0.1) is 0 Å². The van der Waals surface area contributed by atoms with Crippen molar-refractivity contribution in [1.82, 2.24) is 23.7 Å². The van der Waals surface area contributed by atoms with Gasteiger partial charge in [0.1, 0.15) is 5.52 Å². The van der Waals surface area contributed by atoms with Crippen LogP contribution in [-0.4, -0.2) is 23.7 Å². The van der Waals surface area contributed by atoms with Crippen molar-refractivity contribution in [3.05, 3.63) is 224 Å². The van der Waals surface area contributed by atoms with Gasteiger partial charge in [0.25, 0.3) is 0 Å². The molecule has 0 saturated carbocycles. The van der Waals surface area contributed by atoms with E-state index < -0.39 is 0 Å². The van der Waals surface area contributed by atoms with Gasteiger partial charge in [-0.2, -0.15) is 0 Å². The predicted octanol–water partition coefficient (Wildman–Crippen LogP) is 14.8. The van der Waals surface area contributed by atoms with E-state index in [1.165, 1.54) is 32.6 Å². The minimum atomic E-state index is 0.687. The van der Waals surface area contributed by atoms with Gasteiger partial charge in [0.15, 0.2) is 5.82 Å². The molecule has 13 rings (SSSR count). The van der Waals surface area contributed by atoms with E-state index in [0.717, 1.165) is 78.0 Å². The summed E-state index contributed by atoms with van der Waals surface area (Å²) in [5.41, 5.74) is 16.2. The summed E-state index contributed by atoms with van der Waals surface area (Å²) in [6.45, 7) is 0. The first-order chi connectivity index (χ1) is 31.3. The summed E-state index contributed by atoms with van der Waals surface area (Å²) in [5, 5.41) is 5.97. The van der Waals surface area contributed by atoms with Crippen LogP contribution in [0.4, 0.5) is 0 Å². The van der Waals surface area contributed by atoms with Gasteiger partial charge < -0.3 is 13.7 Å². The molecule has 0 N–H and O–H groups in total. The molecule has 0 fully saturated rings. The molecule has 4 aromatic heterocycles. The standard InChI is InChI=1S/C58H37N5/c1-4-18-38(19-5-1)55-57-56(47-28-12-15-32-51(47)63(57)42-24-8-3-9-25-42)60-58(59-55)40-21-16-20-39(36-40)44-29-17-33-53-54(44)48-37-43(34-35-52(48)61(53)41-22-6-2-7-23-41)62-49-30-13-10-26-45(49)46-27-11-14-31-50(46)62/h1-37H. The number of hydrogen-bond donors (Lipinski definition) is 0. The fraction of sp³-hybridized carbons (Fsp3) is 0. The van der Waals surface area contributed by atoms with E-state index in [9.17, 15) is 0 Å². The van der Waals surface area contributed by atoms with Gasteiger partial charge in [0.2, 0.25) is 0 Å². The van der Waals surface area contributed by atoms with Crippen molar-refractivity contribution in [3.63, 3.8) is 0 Å². The molecule has 0 radical (unpaired) electrons. The molecule has 0 saturated heterocycles. The van der Waals surface area contributed by atoms with Crippen molar-refractivity contribution in [3.8, 4) is 50.8 Å². The molecular weight excluding hydrogens is 767 g/mol. The van der Waals surface area contributed by atoms with Crippen LogP contribution in [-0.2, 0) is 0 Å². The fourth-order valence-corrected chi connectivity index (χ4v) is 9.94. The minimum absolute atomic E-state index is 0.687. The number of benzene rings is 9. The quantitative estimate of drug-likeness (QED) is 0.168. The number of para-hydroxylation sites is 5. The molecule has 13 aromatic rings. The Bertz CT molecular complexity index is 3840. The van der Waals surface area contributed by atoms with E-state index >= 15 is 0 Å². The second-order valence-corrected chi connectivity index (χ2v) is 16.2. The summed E-state index contributed by atoms with van der Waals surface area (Å²) in [5.74, 6) is 0.687.